The van der Waals surface area contributed by atoms with E-state index in [0.29, 0.717) is 11.6 Å². The van der Waals surface area contributed by atoms with Crippen LogP contribution < -0.4 is 16.1 Å². The summed E-state index contributed by atoms with van der Waals surface area (Å²) in [5.74, 6) is 4.78. The first-order chi connectivity index (χ1) is 16.0. The van der Waals surface area contributed by atoms with Gasteiger partial charge in [0, 0.05) is 29.3 Å². The molecule has 5 N–H and O–H groups in total. The molecule has 174 valence electrons. The van der Waals surface area contributed by atoms with Crippen LogP contribution >= 0.6 is 0 Å². The molecule has 2 aromatic rings. The number of rotatable bonds is 7. The molecule has 1 fully saturated rings. The number of hydrogen-bond donors (Lipinski definition) is 5. The van der Waals surface area contributed by atoms with Crippen LogP contribution in [0.4, 0.5) is 0 Å². The van der Waals surface area contributed by atoms with Crippen molar-refractivity contribution in [2.45, 2.75) is 63.8 Å². The molecule has 0 bridgehead atoms. The number of aliphatic hydroxyl groups excluding tert-OH is 1. The van der Waals surface area contributed by atoms with E-state index in [1.54, 1.807) is 24.3 Å². The summed E-state index contributed by atoms with van der Waals surface area (Å²) in [7, 11) is 0. The van der Waals surface area contributed by atoms with Crippen LogP contribution in [-0.2, 0) is 11.3 Å². The highest BCUT2D eigenvalue weighted by Gasteiger charge is 2.25. The molecule has 0 heterocycles. The number of hydrogen-bond acceptors (Lipinski definition) is 5. The number of aliphatic hydroxyl groups is 1. The van der Waals surface area contributed by atoms with Gasteiger partial charge in [-0.25, -0.2) is 5.48 Å². The molecular weight excluding hydrogens is 418 g/mol. The zero-order valence-corrected chi connectivity index (χ0v) is 18.8. The van der Waals surface area contributed by atoms with Crippen LogP contribution in [0.3, 0.4) is 0 Å². The molecule has 2 atom stereocenters. The average Bonchev–Trinajstić information content (AvgIpc) is 2.85. The van der Waals surface area contributed by atoms with Crippen LogP contribution in [0.15, 0.2) is 48.5 Å². The van der Waals surface area contributed by atoms with E-state index in [4.69, 9.17) is 5.21 Å². The first-order valence-corrected chi connectivity index (χ1v) is 11.3. The van der Waals surface area contributed by atoms with Crippen LogP contribution in [0.2, 0.25) is 0 Å². The summed E-state index contributed by atoms with van der Waals surface area (Å²) in [5.41, 5.74) is 4.64. The van der Waals surface area contributed by atoms with Crippen LogP contribution in [-0.4, -0.2) is 40.3 Å². The summed E-state index contributed by atoms with van der Waals surface area (Å²) in [4.78, 5) is 23.9. The lowest BCUT2D eigenvalue weighted by molar-refractivity contribution is -0.133. The Bertz CT molecular complexity index is 985. The van der Waals surface area contributed by atoms with Gasteiger partial charge in [-0.05, 0) is 61.7 Å². The van der Waals surface area contributed by atoms with E-state index in [9.17, 15) is 14.7 Å². The molecule has 1 aliphatic carbocycles. The van der Waals surface area contributed by atoms with Gasteiger partial charge >= 0.3 is 0 Å². The predicted molar refractivity (Wildman–Crippen MR) is 125 cm³/mol. The lowest BCUT2D eigenvalue weighted by atomic mass is 9.95. The van der Waals surface area contributed by atoms with Crippen molar-refractivity contribution in [3.05, 3.63) is 70.8 Å². The molecule has 2 amide bonds. The molecular formula is C26H31N3O4. The minimum absolute atomic E-state index is 0.312. The molecule has 2 unspecified atom stereocenters. The molecule has 33 heavy (non-hydrogen) atoms. The Morgan fingerprint density at radius 2 is 1.55 bits per heavy atom. The number of hydroxylamine groups is 1. The Balaban J connectivity index is 1.55. The second-order valence-corrected chi connectivity index (χ2v) is 8.41. The Hall–Kier alpha value is -3.18. The topological polar surface area (TPSA) is 111 Å². The quantitative estimate of drug-likeness (QED) is 0.253. The SMILES string of the molecule is CC(O)C(NC(=O)c1ccc(C#Cc2ccc(CNC3CCCCC3)cc2)cc1)C(=O)NO. The van der Waals surface area contributed by atoms with Gasteiger partial charge in [-0.1, -0.05) is 43.2 Å². The summed E-state index contributed by atoms with van der Waals surface area (Å²) in [6, 6.07) is 14.2. The summed E-state index contributed by atoms with van der Waals surface area (Å²) >= 11 is 0. The van der Waals surface area contributed by atoms with Gasteiger partial charge in [0.2, 0.25) is 0 Å². The monoisotopic (exact) mass is 449 g/mol. The van der Waals surface area contributed by atoms with Crippen molar-refractivity contribution in [2.75, 3.05) is 0 Å². The van der Waals surface area contributed by atoms with Crippen molar-refractivity contribution < 1.29 is 19.9 Å². The zero-order valence-electron chi connectivity index (χ0n) is 18.8. The third-order valence-electron chi connectivity index (χ3n) is 5.81. The van der Waals surface area contributed by atoms with Crippen molar-refractivity contribution >= 4 is 11.8 Å². The van der Waals surface area contributed by atoms with Crippen molar-refractivity contribution in [2.24, 2.45) is 0 Å². The van der Waals surface area contributed by atoms with Crippen LogP contribution in [0.5, 0.6) is 0 Å². The summed E-state index contributed by atoms with van der Waals surface area (Å²) in [6.45, 7) is 2.22. The molecule has 7 nitrogen and oxygen atoms in total. The van der Waals surface area contributed by atoms with E-state index >= 15 is 0 Å². The van der Waals surface area contributed by atoms with Gasteiger partial charge in [0.1, 0.15) is 6.04 Å². The number of nitrogens with one attached hydrogen (secondary N) is 3. The average molecular weight is 450 g/mol. The third-order valence-corrected chi connectivity index (χ3v) is 5.81. The molecule has 0 aliphatic heterocycles. The normalized spacial score (nSPS) is 15.6. The van der Waals surface area contributed by atoms with Crippen molar-refractivity contribution in [3.8, 4) is 11.8 Å². The largest absolute Gasteiger partial charge is 0.391 e. The van der Waals surface area contributed by atoms with E-state index in [-0.39, 0.29) is 0 Å². The highest BCUT2D eigenvalue weighted by atomic mass is 16.5. The maximum atomic E-state index is 12.3. The third kappa shape index (κ3) is 7.43. The van der Waals surface area contributed by atoms with Gasteiger partial charge < -0.3 is 15.7 Å². The van der Waals surface area contributed by atoms with Crippen LogP contribution in [0.25, 0.3) is 0 Å². The molecule has 0 radical (unpaired) electrons. The Morgan fingerprint density at radius 3 is 2.09 bits per heavy atom. The fourth-order valence-corrected chi connectivity index (χ4v) is 3.82. The van der Waals surface area contributed by atoms with E-state index in [0.717, 1.165) is 17.7 Å². The number of amides is 2. The van der Waals surface area contributed by atoms with Gasteiger partial charge in [0.05, 0.1) is 6.10 Å². The maximum absolute atomic E-state index is 12.3. The lowest BCUT2D eigenvalue weighted by Gasteiger charge is -2.22. The number of carbonyl (C=O) groups excluding carboxylic acids is 2. The van der Waals surface area contributed by atoms with Crippen LogP contribution in [0, 0.1) is 11.8 Å². The first-order valence-electron chi connectivity index (χ1n) is 11.3. The Kier molecular flexibility index (Phi) is 9.02. The molecule has 0 aromatic heterocycles. The minimum atomic E-state index is -1.26. The predicted octanol–water partition coefficient (Wildman–Crippen LogP) is 2.49. The number of benzene rings is 2. The van der Waals surface area contributed by atoms with Crippen molar-refractivity contribution in [1.29, 1.82) is 0 Å². The summed E-state index contributed by atoms with van der Waals surface area (Å²) in [5, 5.41) is 24.4. The molecule has 1 aliphatic rings. The Morgan fingerprint density at radius 1 is 0.970 bits per heavy atom. The summed E-state index contributed by atoms with van der Waals surface area (Å²) in [6.07, 6.45) is 5.36. The van der Waals surface area contributed by atoms with Gasteiger partial charge in [-0.15, -0.1) is 0 Å². The van der Waals surface area contributed by atoms with Gasteiger partial charge in [0.25, 0.3) is 11.8 Å². The fraction of sp³-hybridized carbons (Fsp3) is 0.385. The number of carbonyl (C=O) groups is 2. The summed E-state index contributed by atoms with van der Waals surface area (Å²) < 4.78 is 0. The smallest absolute Gasteiger partial charge is 0.268 e. The van der Waals surface area contributed by atoms with Crippen molar-refractivity contribution in [1.82, 2.24) is 16.1 Å². The van der Waals surface area contributed by atoms with Crippen molar-refractivity contribution in [3.63, 3.8) is 0 Å². The molecule has 0 spiro atoms. The molecule has 3 rings (SSSR count). The Labute approximate surface area is 194 Å². The highest BCUT2D eigenvalue weighted by molar-refractivity contribution is 5.97. The minimum Gasteiger partial charge on any atom is -0.391 e. The highest BCUT2D eigenvalue weighted by Crippen LogP contribution is 2.18. The van der Waals surface area contributed by atoms with Gasteiger partial charge in [-0.2, -0.15) is 0 Å². The molecule has 7 heteroatoms. The second-order valence-electron chi connectivity index (χ2n) is 8.41. The van der Waals surface area contributed by atoms with E-state index in [1.165, 1.54) is 50.1 Å². The standard InChI is InChI=1S/C26H31N3O4/c1-18(30)24(26(32)29-33)28-25(31)22-15-13-20(14-16-22)8-7-19-9-11-21(12-10-19)17-27-23-5-3-2-4-6-23/h9-16,18,23-24,27,30,33H,2-6,17H2,1H3,(H,28,31)(H,29,32). The van der Waals surface area contributed by atoms with E-state index in [1.807, 2.05) is 12.1 Å². The maximum Gasteiger partial charge on any atom is 0.268 e. The van der Waals surface area contributed by atoms with E-state index in [2.05, 4.69) is 34.6 Å². The van der Waals surface area contributed by atoms with E-state index < -0.39 is 24.0 Å². The zero-order chi connectivity index (χ0) is 23.6. The van der Waals surface area contributed by atoms with Crippen LogP contribution in [0.1, 0.15) is 66.1 Å². The van der Waals surface area contributed by atoms with Gasteiger partial charge in [-0.3, -0.25) is 14.8 Å². The molecule has 0 saturated heterocycles. The molecule has 1 saturated carbocycles. The van der Waals surface area contributed by atoms with Gasteiger partial charge in [0.15, 0.2) is 0 Å². The molecule has 2 aromatic carbocycles. The lowest BCUT2D eigenvalue weighted by Crippen LogP contribution is -2.51. The second kappa shape index (κ2) is 12.2. The fourth-order valence-electron chi connectivity index (χ4n) is 3.82. The first kappa shape index (κ1) is 24.5.